The predicted octanol–water partition coefficient (Wildman–Crippen LogP) is 2.43. The number of imidazole rings is 1. The van der Waals surface area contributed by atoms with Gasteiger partial charge in [0, 0.05) is 18.3 Å². The number of aromatic amines is 2. The van der Waals surface area contributed by atoms with Gasteiger partial charge in [0.25, 0.3) is 0 Å². The predicted molar refractivity (Wildman–Crippen MR) is 92.0 cm³/mol. The van der Waals surface area contributed by atoms with Crippen molar-refractivity contribution in [2.75, 3.05) is 0 Å². The van der Waals surface area contributed by atoms with E-state index in [0.29, 0.717) is 25.1 Å². The largest absolute Gasteiger partial charge is 0.489 e. The minimum absolute atomic E-state index is 0.253. The van der Waals surface area contributed by atoms with Gasteiger partial charge in [-0.25, -0.2) is 4.79 Å². The summed E-state index contributed by atoms with van der Waals surface area (Å²) in [6, 6.07) is 17.7. The van der Waals surface area contributed by atoms with Crippen molar-refractivity contribution in [3.05, 3.63) is 88.1 Å². The average molecular weight is 324 g/mol. The van der Waals surface area contributed by atoms with Crippen LogP contribution in [0.2, 0.25) is 0 Å². The van der Waals surface area contributed by atoms with Crippen molar-refractivity contribution in [3.63, 3.8) is 0 Å². The molecule has 0 bridgehead atoms. The zero-order valence-corrected chi connectivity index (χ0v) is 13.2. The Balaban J connectivity index is 1.51. The summed E-state index contributed by atoms with van der Waals surface area (Å²) in [5.74, 6) is 0.798. The van der Waals surface area contributed by atoms with Gasteiger partial charge in [0.1, 0.15) is 12.4 Å². The van der Waals surface area contributed by atoms with Crippen molar-refractivity contribution in [2.45, 2.75) is 25.6 Å². The molecule has 0 saturated heterocycles. The molecule has 0 saturated carbocycles. The maximum Gasteiger partial charge on any atom is 0.323 e. The summed E-state index contributed by atoms with van der Waals surface area (Å²) < 4.78 is 5.74. The van der Waals surface area contributed by atoms with Gasteiger partial charge in [-0.15, -0.1) is 0 Å². The van der Waals surface area contributed by atoms with Crippen LogP contribution in [-0.4, -0.2) is 21.2 Å². The molecule has 3 rings (SSSR count). The van der Waals surface area contributed by atoms with Crippen LogP contribution in [0.25, 0.3) is 0 Å². The molecule has 0 amide bonds. The standard InChI is InChI=1S/C19H20N2O3/c22-17(11-16-12-20-19(23)21-16)10-14-6-8-18(9-7-14)24-13-15-4-2-1-3-5-15/h1-9,12,17,22H,10-11,13H2,(H2,20,21,23). The third-order valence-electron chi connectivity index (χ3n) is 3.75. The number of rotatable bonds is 7. The molecule has 2 aromatic carbocycles. The van der Waals surface area contributed by atoms with Crippen LogP contribution in [0.1, 0.15) is 16.8 Å². The fourth-order valence-corrected chi connectivity index (χ4v) is 2.54. The van der Waals surface area contributed by atoms with E-state index in [1.807, 2.05) is 54.6 Å². The van der Waals surface area contributed by atoms with Crippen molar-refractivity contribution in [1.82, 2.24) is 9.97 Å². The molecular formula is C19H20N2O3. The SMILES string of the molecule is O=c1[nH]cc(CC(O)Cc2ccc(OCc3ccccc3)cc2)[nH]1. The first-order valence-corrected chi connectivity index (χ1v) is 7.89. The summed E-state index contributed by atoms with van der Waals surface area (Å²) in [7, 11) is 0. The maximum absolute atomic E-state index is 11.0. The van der Waals surface area contributed by atoms with Crippen molar-refractivity contribution >= 4 is 0 Å². The molecule has 0 spiro atoms. The van der Waals surface area contributed by atoms with Crippen LogP contribution < -0.4 is 10.4 Å². The first-order valence-electron chi connectivity index (χ1n) is 7.89. The summed E-state index contributed by atoms with van der Waals surface area (Å²) in [5, 5.41) is 10.1. The number of aliphatic hydroxyl groups is 1. The van der Waals surface area contributed by atoms with Gasteiger partial charge in [-0.3, -0.25) is 0 Å². The number of aliphatic hydroxyl groups excluding tert-OH is 1. The van der Waals surface area contributed by atoms with E-state index in [4.69, 9.17) is 4.74 Å². The van der Waals surface area contributed by atoms with Crippen LogP contribution in [0.4, 0.5) is 0 Å². The van der Waals surface area contributed by atoms with Gasteiger partial charge < -0.3 is 19.8 Å². The molecule has 3 aromatic rings. The van der Waals surface area contributed by atoms with Gasteiger partial charge in [0.2, 0.25) is 0 Å². The molecule has 0 fully saturated rings. The quantitative estimate of drug-likeness (QED) is 0.624. The fourth-order valence-electron chi connectivity index (χ4n) is 2.54. The van der Waals surface area contributed by atoms with Crippen molar-refractivity contribution in [1.29, 1.82) is 0 Å². The lowest BCUT2D eigenvalue weighted by molar-refractivity contribution is 0.174. The van der Waals surface area contributed by atoms with E-state index in [1.54, 1.807) is 6.20 Å². The molecule has 1 unspecified atom stereocenters. The molecular weight excluding hydrogens is 304 g/mol. The Kier molecular flexibility index (Phi) is 5.13. The Morgan fingerprint density at radius 2 is 1.71 bits per heavy atom. The molecule has 24 heavy (non-hydrogen) atoms. The summed E-state index contributed by atoms with van der Waals surface area (Å²) >= 11 is 0. The zero-order chi connectivity index (χ0) is 16.8. The Hall–Kier alpha value is -2.79. The van der Waals surface area contributed by atoms with E-state index in [-0.39, 0.29) is 5.69 Å². The molecule has 1 atom stereocenters. The third kappa shape index (κ3) is 4.60. The highest BCUT2D eigenvalue weighted by Crippen LogP contribution is 2.16. The lowest BCUT2D eigenvalue weighted by atomic mass is 10.0. The zero-order valence-electron chi connectivity index (χ0n) is 13.2. The lowest BCUT2D eigenvalue weighted by Crippen LogP contribution is -2.15. The Morgan fingerprint density at radius 3 is 2.38 bits per heavy atom. The second-order valence-electron chi connectivity index (χ2n) is 5.75. The number of H-pyrrole nitrogens is 2. The molecule has 0 aliphatic carbocycles. The number of hydrogen-bond acceptors (Lipinski definition) is 3. The Bertz CT molecular complexity index is 806. The van der Waals surface area contributed by atoms with Gasteiger partial charge in [0.05, 0.1) is 6.10 Å². The summed E-state index contributed by atoms with van der Waals surface area (Å²) in [5.41, 5.74) is 2.59. The monoisotopic (exact) mass is 324 g/mol. The molecule has 1 aromatic heterocycles. The molecule has 1 heterocycles. The molecule has 5 heteroatoms. The topological polar surface area (TPSA) is 78.1 Å². The van der Waals surface area contributed by atoms with Crippen LogP contribution >= 0.6 is 0 Å². The molecule has 0 aliphatic heterocycles. The highest BCUT2D eigenvalue weighted by molar-refractivity contribution is 5.28. The molecule has 0 radical (unpaired) electrons. The van der Waals surface area contributed by atoms with E-state index < -0.39 is 6.10 Å². The maximum atomic E-state index is 11.0. The van der Waals surface area contributed by atoms with Gasteiger partial charge >= 0.3 is 5.69 Å². The highest BCUT2D eigenvalue weighted by Gasteiger charge is 2.08. The highest BCUT2D eigenvalue weighted by atomic mass is 16.5. The van der Waals surface area contributed by atoms with Crippen molar-refractivity contribution < 1.29 is 9.84 Å². The fraction of sp³-hybridized carbons (Fsp3) is 0.211. The number of benzene rings is 2. The van der Waals surface area contributed by atoms with E-state index in [0.717, 1.165) is 16.9 Å². The van der Waals surface area contributed by atoms with E-state index in [1.165, 1.54) is 0 Å². The Morgan fingerprint density at radius 1 is 0.958 bits per heavy atom. The van der Waals surface area contributed by atoms with E-state index in [9.17, 15) is 9.90 Å². The smallest absolute Gasteiger partial charge is 0.323 e. The average Bonchev–Trinajstić information content (AvgIpc) is 3.00. The molecule has 3 N–H and O–H groups in total. The minimum Gasteiger partial charge on any atom is -0.489 e. The summed E-state index contributed by atoms with van der Waals surface area (Å²) in [6.07, 6.45) is 1.97. The number of hydrogen-bond donors (Lipinski definition) is 3. The van der Waals surface area contributed by atoms with E-state index in [2.05, 4.69) is 9.97 Å². The second-order valence-corrected chi connectivity index (χ2v) is 5.75. The van der Waals surface area contributed by atoms with E-state index >= 15 is 0 Å². The molecule has 5 nitrogen and oxygen atoms in total. The summed E-state index contributed by atoms with van der Waals surface area (Å²) in [6.45, 7) is 0.531. The third-order valence-corrected chi connectivity index (χ3v) is 3.75. The van der Waals surface area contributed by atoms with Crippen LogP contribution in [0.15, 0.2) is 65.6 Å². The molecule has 0 aliphatic rings. The van der Waals surface area contributed by atoms with Gasteiger partial charge in [-0.05, 0) is 29.7 Å². The molecule has 124 valence electrons. The van der Waals surface area contributed by atoms with Crippen LogP contribution in [0.3, 0.4) is 0 Å². The van der Waals surface area contributed by atoms with Gasteiger partial charge in [0.15, 0.2) is 0 Å². The lowest BCUT2D eigenvalue weighted by Gasteiger charge is -2.11. The van der Waals surface area contributed by atoms with Gasteiger partial charge in [-0.1, -0.05) is 42.5 Å². The minimum atomic E-state index is -0.549. The van der Waals surface area contributed by atoms with Crippen molar-refractivity contribution in [3.8, 4) is 5.75 Å². The van der Waals surface area contributed by atoms with Gasteiger partial charge in [-0.2, -0.15) is 0 Å². The Labute approximate surface area is 140 Å². The second kappa shape index (κ2) is 7.66. The summed E-state index contributed by atoms with van der Waals surface area (Å²) in [4.78, 5) is 16.2. The van der Waals surface area contributed by atoms with Crippen LogP contribution in [0, 0.1) is 0 Å². The first kappa shape index (κ1) is 16.1. The first-order chi connectivity index (χ1) is 11.7. The number of nitrogens with one attached hydrogen (secondary N) is 2. The normalized spacial score (nSPS) is 12.0. The van der Waals surface area contributed by atoms with Crippen LogP contribution in [0.5, 0.6) is 5.75 Å². The number of ether oxygens (including phenoxy) is 1. The van der Waals surface area contributed by atoms with Crippen molar-refractivity contribution in [2.24, 2.45) is 0 Å². The number of aromatic nitrogens is 2. The van der Waals surface area contributed by atoms with Crippen LogP contribution in [-0.2, 0) is 19.4 Å².